The van der Waals surface area contributed by atoms with Gasteiger partial charge in [-0.05, 0) is 121 Å². The van der Waals surface area contributed by atoms with Gasteiger partial charge in [-0.3, -0.25) is 53.5 Å². The van der Waals surface area contributed by atoms with E-state index in [1.165, 1.54) is 28.4 Å². The van der Waals surface area contributed by atoms with E-state index in [0.29, 0.717) is 200 Å². The van der Waals surface area contributed by atoms with Gasteiger partial charge in [0.25, 0.3) is 35.4 Å². The topological polar surface area (TPSA) is 366 Å². The Morgan fingerprint density at radius 2 is 0.656 bits per heavy atom. The molecule has 5 fully saturated rings. The molecule has 6 amide bonds. The summed E-state index contributed by atoms with van der Waals surface area (Å²) in [6, 6.07) is 25.4. The molecule has 4 atom stereocenters. The third kappa shape index (κ3) is 22.2. The van der Waals surface area contributed by atoms with Gasteiger partial charge in [-0.15, -0.1) is 5.06 Å². The molecule has 32 nitrogen and oxygen atoms in total. The van der Waals surface area contributed by atoms with Crippen molar-refractivity contribution in [1.82, 2.24) is 24.7 Å². The van der Waals surface area contributed by atoms with Crippen molar-refractivity contribution in [2.24, 2.45) is 20.0 Å². The number of carboxylic acids is 1. The lowest BCUT2D eigenvalue weighted by Gasteiger charge is -2.20. The molecule has 656 valence electrons. The van der Waals surface area contributed by atoms with Crippen LogP contribution in [0.4, 0.5) is 22.7 Å². The maximum atomic E-state index is 13.5. The number of benzene rings is 6. The molecule has 125 heavy (non-hydrogen) atoms. The number of ether oxygens (including phenoxy) is 12. The minimum absolute atomic E-state index is 0.0304. The van der Waals surface area contributed by atoms with Crippen LogP contribution in [-0.4, -0.2) is 234 Å². The van der Waals surface area contributed by atoms with Crippen molar-refractivity contribution in [2.75, 3.05) is 107 Å². The van der Waals surface area contributed by atoms with Gasteiger partial charge < -0.3 is 86.4 Å². The van der Waals surface area contributed by atoms with Gasteiger partial charge in [-0.25, -0.2) is 9.57 Å². The van der Waals surface area contributed by atoms with Gasteiger partial charge in [0.15, 0.2) is 46.0 Å². The third-order valence-corrected chi connectivity index (χ3v) is 22.0. The Balaban J connectivity index is 0.000000212. The maximum Gasteiger partial charge on any atom is 0.335 e. The van der Waals surface area contributed by atoms with E-state index in [4.69, 9.17) is 71.6 Å². The molecule has 9 aliphatic rings. The number of nitrogens with zero attached hydrogens (tertiary/aromatic N) is 9. The molecule has 9 aliphatic heterocycles. The Morgan fingerprint density at radius 3 is 0.936 bits per heavy atom. The molecule has 0 bridgehead atoms. The van der Waals surface area contributed by atoms with E-state index < -0.39 is 23.8 Å². The summed E-state index contributed by atoms with van der Waals surface area (Å²) in [5.74, 6) is 0.229. The monoisotopic (exact) mass is 1730 g/mol. The summed E-state index contributed by atoms with van der Waals surface area (Å²) in [7, 11) is 6.14. The van der Waals surface area contributed by atoms with Crippen LogP contribution in [0.1, 0.15) is 139 Å². The number of amides is 6. The van der Waals surface area contributed by atoms with Gasteiger partial charge in [0.05, 0.1) is 150 Å². The second-order valence-corrected chi connectivity index (χ2v) is 31.1. The first-order valence-corrected chi connectivity index (χ1v) is 41.5. The van der Waals surface area contributed by atoms with Crippen LogP contribution < -0.4 is 37.9 Å². The van der Waals surface area contributed by atoms with Gasteiger partial charge in [0.1, 0.15) is 26.4 Å². The number of nitrogens with one attached hydrogen (secondary N) is 1. The zero-order chi connectivity index (χ0) is 88.4. The number of imide groups is 1. The molecular formula is C92H100N10O22S. The Morgan fingerprint density at radius 1 is 0.384 bits per heavy atom. The predicted molar refractivity (Wildman–Crippen MR) is 463 cm³/mol. The molecule has 0 aliphatic carbocycles. The van der Waals surface area contributed by atoms with E-state index in [2.05, 4.69) is 83.0 Å². The van der Waals surface area contributed by atoms with E-state index in [1.54, 1.807) is 93.0 Å². The van der Waals surface area contributed by atoms with Crippen LogP contribution in [-0.2, 0) is 94.7 Å². The van der Waals surface area contributed by atoms with E-state index >= 15 is 0 Å². The van der Waals surface area contributed by atoms with Crippen molar-refractivity contribution in [2.45, 2.75) is 128 Å². The zero-order valence-corrected chi connectivity index (χ0v) is 71.1. The summed E-state index contributed by atoms with van der Waals surface area (Å²) in [4.78, 5) is 131. The van der Waals surface area contributed by atoms with Crippen LogP contribution in [0.3, 0.4) is 0 Å². The van der Waals surface area contributed by atoms with Crippen molar-refractivity contribution in [3.8, 4) is 46.0 Å². The summed E-state index contributed by atoms with van der Waals surface area (Å²) in [6.07, 6.45) is 12.6. The average molecular weight is 1730 g/mol. The fourth-order valence-corrected chi connectivity index (χ4v) is 15.9. The van der Waals surface area contributed by atoms with Crippen molar-refractivity contribution >= 4 is 107 Å². The van der Waals surface area contributed by atoms with Gasteiger partial charge in [0.2, 0.25) is 0 Å². The summed E-state index contributed by atoms with van der Waals surface area (Å²) < 4.78 is 76.0. The Labute approximate surface area is 728 Å². The SMILES string of the molecule is C=C1C[C@H]2C=Nc3cc(OCc4cc(CCCOCCOCCC(=O)O)cc(COc5cc6c(cc5OC)C(=O)N5CC(=C)C[C@H]5C=N6)c4)c(OC)cc3C(=O)N2C1.C=C1C[C@H]2C=Nc3cc(OCc4cc(CCCOCCOCCC(=O)ON5C(=O)CCC5=O)cc(COc5cc6c(cc5OC)C(=O)N5CC(=C)C[C@H]5C=N6)c4)c(OC)cc3C(=O)N2C1.N=S. The van der Waals surface area contributed by atoms with Crippen LogP contribution in [0.5, 0.6) is 46.0 Å². The van der Waals surface area contributed by atoms with Gasteiger partial charge in [-0.1, -0.05) is 72.9 Å². The lowest BCUT2D eigenvalue weighted by Crippen LogP contribution is -2.35. The van der Waals surface area contributed by atoms with Crippen molar-refractivity contribution in [3.63, 3.8) is 0 Å². The molecule has 9 heterocycles. The van der Waals surface area contributed by atoms with E-state index in [9.17, 15) is 38.4 Å². The number of carbonyl (C=O) groups is 8. The summed E-state index contributed by atoms with van der Waals surface area (Å²) in [5, 5.41) is 9.29. The second kappa shape index (κ2) is 42.0. The lowest BCUT2D eigenvalue weighted by atomic mass is 10.0. The molecule has 2 N–H and O–H groups in total. The number of fused-ring (bicyclic) bond motifs is 8. The molecule has 0 unspecified atom stereocenters. The molecule has 0 saturated carbocycles. The summed E-state index contributed by atoms with van der Waals surface area (Å²) >= 11 is 3.33. The van der Waals surface area contributed by atoms with Gasteiger partial charge in [0, 0.05) is 114 Å². The van der Waals surface area contributed by atoms with Crippen molar-refractivity contribution in [3.05, 3.63) is 189 Å². The normalized spacial score (nSPS) is 18.1. The number of aliphatic imine (C=N–C) groups is 4. The Hall–Kier alpha value is -12.8. The van der Waals surface area contributed by atoms with Crippen molar-refractivity contribution in [1.29, 1.82) is 4.78 Å². The number of hydroxylamine groups is 2. The fourth-order valence-electron chi connectivity index (χ4n) is 15.9. The highest BCUT2D eigenvalue weighted by molar-refractivity contribution is 7.45. The molecule has 33 heteroatoms. The predicted octanol–water partition coefficient (Wildman–Crippen LogP) is 12.4. The zero-order valence-electron chi connectivity index (χ0n) is 70.3. The third-order valence-electron chi connectivity index (χ3n) is 22.0. The minimum Gasteiger partial charge on any atom is -0.493 e. The molecule has 6 aromatic rings. The number of hydrogen-bond donors (Lipinski definition) is 2. The van der Waals surface area contributed by atoms with Crippen molar-refractivity contribution < 1.29 is 105 Å². The van der Waals surface area contributed by atoms with E-state index in [-0.39, 0.29) is 120 Å². The largest absolute Gasteiger partial charge is 0.493 e. The standard InChI is InChI=1S/C48H51N5O12.C44H48N4O10.HNS/c1-29-14-34-23-49-38-21-42(40(59-3)19-36(38)47(57)51(34)25-29)63-27-32-16-31(6-5-10-61-12-13-62-11-9-46(56)65-53-44(54)7-8-45(53)55)17-33(18-32)28-64-43-22-39-37(20-41(43)60-4)48(58)52-26-30(2)15-35(52)24-50-39;1-27-12-32-21-45-36-19-40(38(53-3)17-34(36)43(51)47(32)23-27)57-25-30-14-29(6-5-8-55-10-11-56-9-7-42(49)50)15-31(16-30)26-58-41-20-37-35(18-39(41)54-4)44(52)48-24-28(2)13-33(48)22-46-37;1-2/h16-24,34-35H,1-2,5-15,25-28H2,3-4H3;14-22,32-33H,1-2,5-13,23-26H2,3-4H3,(H,49,50);1H/t34-,35-;32-,33-;/m00./s1. The van der Waals surface area contributed by atoms with Gasteiger partial charge >= 0.3 is 11.9 Å². The number of rotatable bonds is 37. The lowest BCUT2D eigenvalue weighted by molar-refractivity contribution is -0.198. The van der Waals surface area contributed by atoms with Crippen LogP contribution in [0, 0.1) is 4.78 Å². The Kier molecular flexibility index (Phi) is 30.2. The first-order chi connectivity index (χ1) is 60.6. The number of aliphatic carboxylic acids is 1. The highest BCUT2D eigenvalue weighted by Gasteiger charge is 2.40. The summed E-state index contributed by atoms with van der Waals surface area (Å²) in [6.45, 7) is 21.3. The number of hydrogen-bond acceptors (Lipinski definition) is 27. The molecule has 6 aromatic carbocycles. The quantitative estimate of drug-likeness (QED) is 0.0208. The van der Waals surface area contributed by atoms with Crippen LogP contribution in [0.2, 0.25) is 0 Å². The van der Waals surface area contributed by atoms with Gasteiger partial charge in [-0.2, -0.15) is 0 Å². The second-order valence-electron chi connectivity index (χ2n) is 31.1. The molecule has 15 rings (SSSR count). The fraction of sp³-hybridized carbons (Fsp3) is 0.391. The number of aryl methyl sites for hydroxylation is 2. The minimum atomic E-state index is -0.899. The highest BCUT2D eigenvalue weighted by atomic mass is 32.1. The highest BCUT2D eigenvalue weighted by Crippen LogP contribution is 2.45. The number of carbonyl (C=O) groups excluding carboxylic acids is 7. The summed E-state index contributed by atoms with van der Waals surface area (Å²) in [5.41, 5.74) is 13.3. The maximum absolute atomic E-state index is 13.5. The van der Waals surface area contributed by atoms with E-state index in [1.807, 2.05) is 12.1 Å². The van der Waals surface area contributed by atoms with Crippen LogP contribution in [0.25, 0.3) is 0 Å². The molecule has 5 saturated heterocycles. The Bertz CT molecular complexity index is 5040. The first-order valence-electron chi connectivity index (χ1n) is 41.1. The molecular weight excluding hydrogens is 1630 g/mol. The number of methoxy groups -OCH3 is 4. The van der Waals surface area contributed by atoms with E-state index in [0.717, 1.165) is 62.1 Å². The number of carboxylic acid groups (broad SMARTS) is 1. The molecule has 0 aromatic heterocycles. The average Bonchev–Trinajstić information content (AvgIpc) is 1.67. The molecule has 0 radical (unpaired) electrons. The van der Waals surface area contributed by atoms with Crippen LogP contribution >= 0.6 is 0 Å². The first kappa shape index (κ1) is 89.9. The van der Waals surface area contributed by atoms with Crippen LogP contribution in [0.15, 0.2) is 154 Å². The smallest absolute Gasteiger partial charge is 0.335 e. The molecule has 0 spiro atoms.